The SMILES string of the molecule is COC=C(C(=O)OC)c1c(C)sc2ccccc12. The molecule has 94 valence electrons. The van der Waals surface area contributed by atoms with Gasteiger partial charge in [-0.15, -0.1) is 11.3 Å². The van der Waals surface area contributed by atoms with Crippen molar-refractivity contribution in [1.82, 2.24) is 0 Å². The lowest BCUT2D eigenvalue weighted by Crippen LogP contribution is -2.04. The van der Waals surface area contributed by atoms with E-state index in [0.29, 0.717) is 5.57 Å². The highest BCUT2D eigenvalue weighted by Crippen LogP contribution is 2.35. The van der Waals surface area contributed by atoms with Gasteiger partial charge in [-0.05, 0) is 13.0 Å². The van der Waals surface area contributed by atoms with Gasteiger partial charge in [-0.3, -0.25) is 0 Å². The normalized spacial score (nSPS) is 11.6. The van der Waals surface area contributed by atoms with Crippen LogP contribution in [0.3, 0.4) is 0 Å². The number of carbonyl (C=O) groups excluding carboxylic acids is 1. The van der Waals surface area contributed by atoms with Crippen molar-refractivity contribution in [3.05, 3.63) is 41.0 Å². The van der Waals surface area contributed by atoms with Crippen molar-refractivity contribution < 1.29 is 14.3 Å². The van der Waals surface area contributed by atoms with Gasteiger partial charge in [0.05, 0.1) is 20.5 Å². The summed E-state index contributed by atoms with van der Waals surface area (Å²) in [6, 6.07) is 7.98. The Morgan fingerprint density at radius 2 is 2.00 bits per heavy atom. The topological polar surface area (TPSA) is 35.5 Å². The summed E-state index contributed by atoms with van der Waals surface area (Å²) in [4.78, 5) is 12.9. The fourth-order valence-corrected chi connectivity index (χ4v) is 3.02. The third kappa shape index (κ3) is 2.11. The lowest BCUT2D eigenvalue weighted by atomic mass is 10.0. The minimum absolute atomic E-state index is 0.386. The summed E-state index contributed by atoms with van der Waals surface area (Å²) >= 11 is 1.66. The lowest BCUT2D eigenvalue weighted by molar-refractivity contribution is -0.133. The second-order valence-electron chi connectivity index (χ2n) is 3.79. The summed E-state index contributed by atoms with van der Waals surface area (Å²) in [6.45, 7) is 1.99. The van der Waals surface area contributed by atoms with Crippen LogP contribution in [0.25, 0.3) is 15.7 Å². The number of benzene rings is 1. The molecule has 4 heteroatoms. The van der Waals surface area contributed by atoms with Crippen LogP contribution in [-0.4, -0.2) is 20.2 Å². The molecule has 0 atom stereocenters. The lowest BCUT2D eigenvalue weighted by Gasteiger charge is -2.05. The molecule has 0 aliphatic carbocycles. The molecular formula is C14H14O3S. The Balaban J connectivity index is 2.68. The molecule has 3 nitrogen and oxygen atoms in total. The Hall–Kier alpha value is -1.81. The van der Waals surface area contributed by atoms with Crippen molar-refractivity contribution in [2.45, 2.75) is 6.92 Å². The van der Waals surface area contributed by atoms with E-state index in [9.17, 15) is 4.79 Å². The second-order valence-corrected chi connectivity index (χ2v) is 5.04. The maximum atomic E-state index is 11.8. The van der Waals surface area contributed by atoms with Crippen LogP contribution in [0.2, 0.25) is 0 Å². The van der Waals surface area contributed by atoms with Crippen molar-refractivity contribution in [2.75, 3.05) is 14.2 Å². The molecule has 2 rings (SSSR count). The average Bonchev–Trinajstić information content (AvgIpc) is 2.71. The largest absolute Gasteiger partial charge is 0.503 e. The molecule has 1 aromatic carbocycles. The summed E-state index contributed by atoms with van der Waals surface area (Å²) in [6.07, 6.45) is 1.44. The molecule has 18 heavy (non-hydrogen) atoms. The molecular weight excluding hydrogens is 248 g/mol. The van der Waals surface area contributed by atoms with Gasteiger partial charge in [0.25, 0.3) is 0 Å². The van der Waals surface area contributed by atoms with E-state index in [0.717, 1.165) is 20.5 Å². The van der Waals surface area contributed by atoms with E-state index in [-0.39, 0.29) is 5.97 Å². The number of carbonyl (C=O) groups is 1. The predicted octanol–water partition coefficient (Wildman–Crippen LogP) is 3.37. The molecule has 0 aliphatic rings. The number of fused-ring (bicyclic) bond motifs is 1. The average molecular weight is 262 g/mol. The van der Waals surface area contributed by atoms with E-state index >= 15 is 0 Å². The third-order valence-electron chi connectivity index (χ3n) is 2.68. The summed E-state index contributed by atoms with van der Waals surface area (Å²) in [7, 11) is 2.89. The predicted molar refractivity (Wildman–Crippen MR) is 73.6 cm³/mol. The number of hydrogen-bond donors (Lipinski definition) is 0. The van der Waals surface area contributed by atoms with Crippen LogP contribution in [0.5, 0.6) is 0 Å². The minimum Gasteiger partial charge on any atom is -0.503 e. The monoisotopic (exact) mass is 262 g/mol. The van der Waals surface area contributed by atoms with Crippen LogP contribution in [0.15, 0.2) is 30.5 Å². The van der Waals surface area contributed by atoms with E-state index < -0.39 is 0 Å². The van der Waals surface area contributed by atoms with E-state index in [2.05, 4.69) is 0 Å². The summed E-state index contributed by atoms with van der Waals surface area (Å²) < 4.78 is 11.0. The Morgan fingerprint density at radius 1 is 1.28 bits per heavy atom. The first-order valence-electron chi connectivity index (χ1n) is 5.48. The van der Waals surface area contributed by atoms with Gasteiger partial charge in [-0.1, -0.05) is 18.2 Å². The van der Waals surface area contributed by atoms with Crippen molar-refractivity contribution in [1.29, 1.82) is 0 Å². The van der Waals surface area contributed by atoms with Crippen LogP contribution < -0.4 is 0 Å². The molecule has 0 aliphatic heterocycles. The van der Waals surface area contributed by atoms with Crippen molar-refractivity contribution >= 4 is 33.0 Å². The second kappa shape index (κ2) is 5.23. The molecule has 1 heterocycles. The standard InChI is InChI=1S/C14H14O3S/c1-9-13(11(8-16-2)14(15)17-3)10-6-4-5-7-12(10)18-9/h4-8H,1-3H3. The van der Waals surface area contributed by atoms with Gasteiger partial charge in [0.15, 0.2) is 0 Å². The van der Waals surface area contributed by atoms with Crippen LogP contribution >= 0.6 is 11.3 Å². The van der Waals surface area contributed by atoms with Crippen LogP contribution in [-0.2, 0) is 14.3 Å². The number of ether oxygens (including phenoxy) is 2. The van der Waals surface area contributed by atoms with Crippen molar-refractivity contribution in [2.24, 2.45) is 0 Å². The Labute approximate surface area is 110 Å². The van der Waals surface area contributed by atoms with Gasteiger partial charge in [0, 0.05) is 20.5 Å². The molecule has 0 bridgehead atoms. The maximum Gasteiger partial charge on any atom is 0.341 e. The van der Waals surface area contributed by atoms with E-state index in [1.807, 2.05) is 31.2 Å². The first-order valence-corrected chi connectivity index (χ1v) is 6.30. The Morgan fingerprint density at radius 3 is 2.67 bits per heavy atom. The molecule has 0 fully saturated rings. The third-order valence-corrected chi connectivity index (χ3v) is 3.77. The van der Waals surface area contributed by atoms with Crippen molar-refractivity contribution in [3.63, 3.8) is 0 Å². The zero-order valence-corrected chi connectivity index (χ0v) is 11.3. The molecule has 0 saturated carbocycles. The van der Waals surface area contributed by atoms with E-state index in [1.54, 1.807) is 11.3 Å². The smallest absolute Gasteiger partial charge is 0.341 e. The molecule has 2 aromatic rings. The first-order chi connectivity index (χ1) is 8.69. The number of methoxy groups -OCH3 is 2. The first kappa shape index (κ1) is 12.6. The molecule has 1 aromatic heterocycles. The summed E-state index contributed by atoms with van der Waals surface area (Å²) in [5.41, 5.74) is 1.35. The number of esters is 1. The maximum absolute atomic E-state index is 11.8. The highest BCUT2D eigenvalue weighted by molar-refractivity contribution is 7.19. The van der Waals surface area contributed by atoms with Gasteiger partial charge in [-0.25, -0.2) is 4.79 Å². The molecule has 0 amide bonds. The number of aryl methyl sites for hydroxylation is 1. The minimum atomic E-state index is -0.386. The molecule has 0 spiro atoms. The zero-order valence-electron chi connectivity index (χ0n) is 10.5. The number of hydrogen-bond acceptors (Lipinski definition) is 4. The fourth-order valence-electron chi connectivity index (χ4n) is 1.94. The summed E-state index contributed by atoms with van der Waals surface area (Å²) in [5, 5.41) is 1.05. The highest BCUT2D eigenvalue weighted by atomic mass is 32.1. The van der Waals surface area contributed by atoms with E-state index in [4.69, 9.17) is 9.47 Å². The molecule has 0 radical (unpaired) electrons. The zero-order chi connectivity index (χ0) is 13.1. The molecule has 0 saturated heterocycles. The van der Waals surface area contributed by atoms with Gasteiger partial charge in [0.2, 0.25) is 0 Å². The fraction of sp³-hybridized carbons (Fsp3) is 0.214. The number of thiophene rings is 1. The number of rotatable bonds is 3. The van der Waals surface area contributed by atoms with Crippen LogP contribution in [0, 0.1) is 6.92 Å². The van der Waals surface area contributed by atoms with Crippen LogP contribution in [0.1, 0.15) is 10.4 Å². The van der Waals surface area contributed by atoms with Gasteiger partial charge in [-0.2, -0.15) is 0 Å². The summed E-state index contributed by atoms with van der Waals surface area (Å²) in [5.74, 6) is -0.386. The van der Waals surface area contributed by atoms with E-state index in [1.165, 1.54) is 20.5 Å². The van der Waals surface area contributed by atoms with Crippen LogP contribution in [0.4, 0.5) is 0 Å². The quantitative estimate of drug-likeness (QED) is 0.483. The molecule has 0 N–H and O–H groups in total. The van der Waals surface area contributed by atoms with Crippen molar-refractivity contribution in [3.8, 4) is 0 Å². The molecule has 0 unspecified atom stereocenters. The Bertz CT molecular complexity index is 611. The Kier molecular flexibility index (Phi) is 3.67. The van der Waals surface area contributed by atoms with Gasteiger partial charge >= 0.3 is 5.97 Å². The highest BCUT2D eigenvalue weighted by Gasteiger charge is 2.20. The van der Waals surface area contributed by atoms with Gasteiger partial charge < -0.3 is 9.47 Å². The van der Waals surface area contributed by atoms with Gasteiger partial charge in [0.1, 0.15) is 5.57 Å².